The van der Waals surface area contributed by atoms with E-state index in [0.29, 0.717) is 0 Å². The lowest BCUT2D eigenvalue weighted by Gasteiger charge is -1.95. The first-order chi connectivity index (χ1) is 3.55. The summed E-state index contributed by atoms with van der Waals surface area (Å²) in [5.74, 6) is -1.70. The van der Waals surface area contributed by atoms with Crippen molar-refractivity contribution in [2.75, 3.05) is 0 Å². The lowest BCUT2D eigenvalue weighted by atomic mass is 10.2. The quantitative estimate of drug-likeness (QED) is 0.425. The van der Waals surface area contributed by atoms with Gasteiger partial charge in [-0.05, 0) is 6.92 Å². The van der Waals surface area contributed by atoms with Crippen LogP contribution in [0.1, 0.15) is 6.92 Å². The second-order valence-corrected chi connectivity index (χ2v) is 1.52. The largest absolute Gasteiger partial charge is 0.363 e. The van der Waals surface area contributed by atoms with E-state index in [9.17, 15) is 9.59 Å². The molecule has 4 nitrogen and oxygen atoms in total. The van der Waals surface area contributed by atoms with Gasteiger partial charge in [-0.15, -0.1) is 0 Å². The van der Waals surface area contributed by atoms with Crippen LogP contribution in [0.5, 0.6) is 0 Å². The Morgan fingerprint density at radius 2 is 1.88 bits per heavy atom. The van der Waals surface area contributed by atoms with Gasteiger partial charge < -0.3 is 11.5 Å². The number of rotatable bonds is 2. The number of Topliss-reactive ketones (excluding diaryl/α,β-unsaturated/α-hetero) is 1. The van der Waals surface area contributed by atoms with E-state index in [1.54, 1.807) is 0 Å². The zero-order valence-corrected chi connectivity index (χ0v) is 4.55. The molecule has 0 spiro atoms. The highest BCUT2D eigenvalue weighted by Gasteiger charge is 2.12. The molecular formula is C4H8N2O2. The first kappa shape index (κ1) is 7.10. The fourth-order valence-electron chi connectivity index (χ4n) is 0.224. The molecule has 0 heterocycles. The summed E-state index contributed by atoms with van der Waals surface area (Å²) in [6, 6.07) is -0.771. The van der Waals surface area contributed by atoms with Gasteiger partial charge in [0, 0.05) is 0 Å². The minimum Gasteiger partial charge on any atom is -0.363 e. The zero-order valence-electron chi connectivity index (χ0n) is 4.55. The van der Waals surface area contributed by atoms with Crippen LogP contribution in [0.3, 0.4) is 0 Å². The molecule has 0 aliphatic heterocycles. The van der Waals surface area contributed by atoms with Crippen molar-refractivity contribution in [3.05, 3.63) is 0 Å². The normalized spacial score (nSPS) is 12.8. The number of nitrogens with two attached hydrogens (primary N) is 2. The van der Waals surface area contributed by atoms with Gasteiger partial charge in [-0.25, -0.2) is 0 Å². The predicted molar refractivity (Wildman–Crippen MR) is 27.9 cm³/mol. The van der Waals surface area contributed by atoms with E-state index in [0.717, 1.165) is 0 Å². The van der Waals surface area contributed by atoms with Crippen LogP contribution < -0.4 is 11.5 Å². The van der Waals surface area contributed by atoms with Crippen molar-refractivity contribution < 1.29 is 9.59 Å². The molecule has 0 aromatic carbocycles. The Kier molecular flexibility index (Phi) is 2.15. The predicted octanol–water partition coefficient (Wildman–Crippen LogP) is -1.61. The van der Waals surface area contributed by atoms with Crippen LogP contribution in [0, 0.1) is 0 Å². The average molecular weight is 116 g/mol. The van der Waals surface area contributed by atoms with Gasteiger partial charge >= 0.3 is 0 Å². The van der Waals surface area contributed by atoms with Crippen LogP contribution >= 0.6 is 0 Å². The van der Waals surface area contributed by atoms with Crippen molar-refractivity contribution in [2.45, 2.75) is 13.0 Å². The molecule has 8 heavy (non-hydrogen) atoms. The van der Waals surface area contributed by atoms with Crippen molar-refractivity contribution in [1.29, 1.82) is 0 Å². The van der Waals surface area contributed by atoms with Gasteiger partial charge in [-0.3, -0.25) is 9.59 Å². The third-order valence-electron chi connectivity index (χ3n) is 0.656. The van der Waals surface area contributed by atoms with E-state index in [4.69, 9.17) is 5.73 Å². The molecule has 0 bridgehead atoms. The monoisotopic (exact) mass is 116 g/mol. The standard InChI is InChI=1S/C4H8N2O2/c1-2(5)3(7)4(6)8/h2H,5H2,1H3,(H2,6,8)/t2-/m0/s1. The van der Waals surface area contributed by atoms with Gasteiger partial charge in [0.05, 0.1) is 6.04 Å². The lowest BCUT2D eigenvalue weighted by Crippen LogP contribution is -2.37. The van der Waals surface area contributed by atoms with Crippen molar-refractivity contribution in [3.8, 4) is 0 Å². The lowest BCUT2D eigenvalue weighted by molar-refractivity contribution is -0.136. The van der Waals surface area contributed by atoms with Crippen LogP contribution in [-0.2, 0) is 9.59 Å². The number of primary amides is 1. The summed E-state index contributed by atoms with van der Waals surface area (Å²) in [5, 5.41) is 0. The molecule has 0 fully saturated rings. The maximum absolute atomic E-state index is 10.2. The summed E-state index contributed by atoms with van der Waals surface area (Å²) in [6.07, 6.45) is 0. The van der Waals surface area contributed by atoms with Crippen LogP contribution in [0.25, 0.3) is 0 Å². The van der Waals surface area contributed by atoms with Gasteiger partial charge in [0.25, 0.3) is 5.91 Å². The van der Waals surface area contributed by atoms with Crippen LogP contribution in [0.15, 0.2) is 0 Å². The fraction of sp³-hybridized carbons (Fsp3) is 0.500. The van der Waals surface area contributed by atoms with Crippen molar-refractivity contribution in [1.82, 2.24) is 0 Å². The van der Waals surface area contributed by atoms with Gasteiger partial charge in [-0.2, -0.15) is 0 Å². The third-order valence-corrected chi connectivity index (χ3v) is 0.656. The Bertz CT molecular complexity index is 119. The van der Waals surface area contributed by atoms with E-state index >= 15 is 0 Å². The molecule has 46 valence electrons. The molecule has 0 saturated carbocycles. The second-order valence-electron chi connectivity index (χ2n) is 1.52. The molecule has 0 aliphatic carbocycles. The number of carbonyl (C=O) groups excluding carboxylic acids is 2. The minimum absolute atomic E-state index is 0.731. The molecule has 1 atom stereocenters. The molecule has 4 N–H and O–H groups in total. The van der Waals surface area contributed by atoms with Crippen molar-refractivity contribution in [2.24, 2.45) is 11.5 Å². The Balaban J connectivity index is 3.84. The minimum atomic E-state index is -0.972. The summed E-state index contributed by atoms with van der Waals surface area (Å²) < 4.78 is 0. The molecule has 0 rings (SSSR count). The highest BCUT2D eigenvalue weighted by Crippen LogP contribution is 1.75. The summed E-state index contributed by atoms with van der Waals surface area (Å²) in [6.45, 7) is 1.41. The first-order valence-electron chi connectivity index (χ1n) is 2.15. The molecule has 1 amide bonds. The van der Waals surface area contributed by atoms with Crippen molar-refractivity contribution >= 4 is 11.7 Å². The summed E-state index contributed by atoms with van der Waals surface area (Å²) in [7, 11) is 0. The Labute approximate surface area is 46.8 Å². The fourth-order valence-corrected chi connectivity index (χ4v) is 0.224. The van der Waals surface area contributed by atoms with E-state index in [2.05, 4.69) is 5.73 Å². The maximum Gasteiger partial charge on any atom is 0.286 e. The van der Waals surface area contributed by atoms with Crippen LogP contribution in [0.2, 0.25) is 0 Å². The van der Waals surface area contributed by atoms with Gasteiger partial charge in [0.15, 0.2) is 0 Å². The highest BCUT2D eigenvalue weighted by atomic mass is 16.2. The number of hydrogen-bond acceptors (Lipinski definition) is 3. The van der Waals surface area contributed by atoms with Crippen LogP contribution in [-0.4, -0.2) is 17.7 Å². The van der Waals surface area contributed by atoms with E-state index < -0.39 is 17.7 Å². The first-order valence-corrected chi connectivity index (χ1v) is 2.15. The van der Waals surface area contributed by atoms with Crippen LogP contribution in [0.4, 0.5) is 0 Å². The molecule has 0 radical (unpaired) electrons. The summed E-state index contributed by atoms with van der Waals surface area (Å²) in [4.78, 5) is 20.2. The van der Waals surface area contributed by atoms with Gasteiger partial charge in [0.2, 0.25) is 5.78 Å². The smallest absolute Gasteiger partial charge is 0.286 e. The maximum atomic E-state index is 10.2. The topological polar surface area (TPSA) is 86.2 Å². The van der Waals surface area contributed by atoms with Crippen molar-refractivity contribution in [3.63, 3.8) is 0 Å². The third kappa shape index (κ3) is 1.70. The van der Waals surface area contributed by atoms with Gasteiger partial charge in [-0.1, -0.05) is 0 Å². The van der Waals surface area contributed by atoms with E-state index in [1.165, 1.54) is 6.92 Å². The zero-order chi connectivity index (χ0) is 6.73. The number of carbonyl (C=O) groups is 2. The molecule has 4 heteroatoms. The summed E-state index contributed by atoms with van der Waals surface area (Å²) in [5.41, 5.74) is 9.55. The Morgan fingerprint density at radius 1 is 1.50 bits per heavy atom. The number of amides is 1. The van der Waals surface area contributed by atoms with E-state index in [1.807, 2.05) is 0 Å². The molecule has 0 saturated heterocycles. The highest BCUT2D eigenvalue weighted by molar-refractivity contribution is 6.37. The Hall–Kier alpha value is -0.900. The SMILES string of the molecule is C[C@H](N)C(=O)C(N)=O. The molecule has 0 unspecified atom stereocenters. The Morgan fingerprint density at radius 3 is 1.88 bits per heavy atom. The number of hydrogen-bond donors (Lipinski definition) is 2. The average Bonchev–Trinajstić information content (AvgIpc) is 1.64. The summed E-state index contributed by atoms with van der Waals surface area (Å²) >= 11 is 0. The second kappa shape index (κ2) is 2.42. The van der Waals surface area contributed by atoms with E-state index in [-0.39, 0.29) is 0 Å². The molecule has 0 aliphatic rings. The number of ketones is 1. The molecule has 0 aromatic heterocycles. The molecule has 0 aromatic rings. The molecular weight excluding hydrogens is 108 g/mol. The van der Waals surface area contributed by atoms with Gasteiger partial charge in [0.1, 0.15) is 0 Å².